The van der Waals surface area contributed by atoms with Gasteiger partial charge in [0.2, 0.25) is 5.60 Å². The van der Waals surface area contributed by atoms with Crippen molar-refractivity contribution in [3.05, 3.63) is 33.6 Å². The van der Waals surface area contributed by atoms with E-state index in [0.717, 1.165) is 10.4 Å². The number of amides is 2. The third-order valence-corrected chi connectivity index (χ3v) is 6.01. The maximum Gasteiger partial charge on any atom is 0.277 e. The van der Waals surface area contributed by atoms with Crippen molar-refractivity contribution in [1.29, 1.82) is 0 Å². The SMILES string of the molecule is CN1CCCC(O)(C#Cc2ccc3c(c2)-c2nc(C(N)=O)sc2CCO3)C1=O. The highest BCUT2D eigenvalue weighted by Crippen LogP contribution is 2.38. The Morgan fingerprint density at radius 1 is 1.46 bits per heavy atom. The maximum absolute atomic E-state index is 12.3. The standard InChI is InChI=1S/C20H19N3O4S/c1-23-9-2-7-20(26,19(23)25)8-5-12-3-4-14-13(11-12)16-15(6-10-27-14)28-18(22-16)17(21)24/h3-4,11,26H,2,6-7,9-10H2,1H3,(H2,21,24). The number of nitrogens with two attached hydrogens (primary N) is 1. The third-order valence-electron chi connectivity index (χ3n) is 4.88. The van der Waals surface area contributed by atoms with Crippen LogP contribution in [0.1, 0.15) is 33.1 Å². The number of nitrogens with zero attached hydrogens (tertiary/aromatic N) is 2. The van der Waals surface area contributed by atoms with E-state index in [1.165, 1.54) is 16.2 Å². The van der Waals surface area contributed by atoms with Crippen LogP contribution in [-0.4, -0.2) is 52.6 Å². The second-order valence-corrected chi connectivity index (χ2v) is 7.99. The van der Waals surface area contributed by atoms with Crippen LogP contribution in [0, 0.1) is 11.8 Å². The summed E-state index contributed by atoms with van der Waals surface area (Å²) in [6, 6.07) is 5.37. The summed E-state index contributed by atoms with van der Waals surface area (Å²) in [5.74, 6) is 5.38. The molecule has 7 nitrogen and oxygen atoms in total. The van der Waals surface area contributed by atoms with Crippen molar-refractivity contribution in [2.24, 2.45) is 5.73 Å². The molecule has 2 aliphatic rings. The van der Waals surface area contributed by atoms with Gasteiger partial charge in [-0.15, -0.1) is 11.3 Å². The maximum atomic E-state index is 12.3. The van der Waals surface area contributed by atoms with Crippen molar-refractivity contribution in [1.82, 2.24) is 9.88 Å². The number of thiazole rings is 1. The first kappa shape index (κ1) is 18.5. The van der Waals surface area contributed by atoms with Gasteiger partial charge in [0.15, 0.2) is 5.01 Å². The van der Waals surface area contributed by atoms with E-state index in [4.69, 9.17) is 10.5 Å². The molecule has 1 atom stereocenters. The van der Waals surface area contributed by atoms with E-state index in [1.54, 1.807) is 25.2 Å². The van der Waals surface area contributed by atoms with Gasteiger partial charge in [-0.25, -0.2) is 4.98 Å². The van der Waals surface area contributed by atoms with Gasteiger partial charge >= 0.3 is 0 Å². The van der Waals surface area contributed by atoms with Crippen LogP contribution in [0.5, 0.6) is 5.75 Å². The first-order valence-corrected chi connectivity index (χ1v) is 9.77. The van der Waals surface area contributed by atoms with E-state index in [-0.39, 0.29) is 10.9 Å². The number of aliphatic hydroxyl groups is 1. The van der Waals surface area contributed by atoms with Gasteiger partial charge in [-0.1, -0.05) is 11.8 Å². The number of piperidine rings is 1. The first-order valence-electron chi connectivity index (χ1n) is 8.95. The Hall–Kier alpha value is -2.89. The molecule has 28 heavy (non-hydrogen) atoms. The van der Waals surface area contributed by atoms with Gasteiger partial charge in [0.25, 0.3) is 11.8 Å². The Bertz CT molecular complexity index is 1040. The Morgan fingerprint density at radius 3 is 3.07 bits per heavy atom. The highest BCUT2D eigenvalue weighted by Gasteiger charge is 2.39. The molecule has 4 rings (SSSR count). The number of aromatic nitrogens is 1. The van der Waals surface area contributed by atoms with Crippen molar-refractivity contribution in [3.8, 4) is 28.8 Å². The Labute approximate surface area is 166 Å². The van der Waals surface area contributed by atoms with Crippen LogP contribution in [0.4, 0.5) is 0 Å². The summed E-state index contributed by atoms with van der Waals surface area (Å²) in [6.45, 7) is 1.10. The van der Waals surface area contributed by atoms with Gasteiger partial charge in [-0.2, -0.15) is 0 Å². The van der Waals surface area contributed by atoms with Crippen molar-refractivity contribution in [2.75, 3.05) is 20.2 Å². The predicted octanol–water partition coefficient (Wildman–Crippen LogP) is 1.18. The summed E-state index contributed by atoms with van der Waals surface area (Å²) in [7, 11) is 1.66. The summed E-state index contributed by atoms with van der Waals surface area (Å²) in [4.78, 5) is 30.6. The minimum atomic E-state index is -1.67. The van der Waals surface area contributed by atoms with Crippen LogP contribution in [0.25, 0.3) is 11.3 Å². The molecule has 0 spiro atoms. The number of primary amides is 1. The fourth-order valence-corrected chi connectivity index (χ4v) is 4.31. The van der Waals surface area contributed by atoms with E-state index in [1.807, 2.05) is 0 Å². The molecule has 0 saturated carbocycles. The number of hydrogen-bond donors (Lipinski definition) is 2. The predicted molar refractivity (Wildman–Crippen MR) is 104 cm³/mol. The number of benzene rings is 1. The summed E-state index contributed by atoms with van der Waals surface area (Å²) in [5.41, 5.74) is 5.73. The normalized spacial score (nSPS) is 20.9. The Kier molecular flexibility index (Phi) is 4.57. The molecular formula is C20H19N3O4S. The fraction of sp³-hybridized carbons (Fsp3) is 0.350. The van der Waals surface area contributed by atoms with Gasteiger partial charge in [0.1, 0.15) is 5.75 Å². The Morgan fingerprint density at radius 2 is 2.29 bits per heavy atom. The van der Waals surface area contributed by atoms with E-state index < -0.39 is 11.5 Å². The van der Waals surface area contributed by atoms with Gasteiger partial charge in [-0.3, -0.25) is 9.59 Å². The number of carbonyl (C=O) groups is 2. The summed E-state index contributed by atoms with van der Waals surface area (Å²) in [5, 5.41) is 10.9. The van der Waals surface area contributed by atoms with Gasteiger partial charge < -0.3 is 20.5 Å². The quantitative estimate of drug-likeness (QED) is 0.703. The summed E-state index contributed by atoms with van der Waals surface area (Å²) >= 11 is 1.27. The molecule has 1 saturated heterocycles. The molecule has 0 bridgehead atoms. The number of fused-ring (bicyclic) bond motifs is 3. The molecule has 0 aliphatic carbocycles. The summed E-state index contributed by atoms with van der Waals surface area (Å²) in [6.07, 6.45) is 1.65. The highest BCUT2D eigenvalue weighted by molar-refractivity contribution is 7.14. The zero-order chi connectivity index (χ0) is 19.9. The van der Waals surface area contributed by atoms with Crippen LogP contribution in [-0.2, 0) is 11.2 Å². The van der Waals surface area contributed by atoms with E-state index in [0.29, 0.717) is 49.4 Å². The molecule has 1 aromatic carbocycles. The zero-order valence-electron chi connectivity index (χ0n) is 15.3. The number of hydrogen-bond acceptors (Lipinski definition) is 6. The largest absolute Gasteiger partial charge is 0.493 e. The monoisotopic (exact) mass is 397 g/mol. The average Bonchev–Trinajstić information content (AvgIpc) is 3.02. The third kappa shape index (κ3) is 3.23. The van der Waals surface area contributed by atoms with Crippen molar-refractivity contribution >= 4 is 23.2 Å². The lowest BCUT2D eigenvalue weighted by atomic mass is 9.92. The van der Waals surface area contributed by atoms with Crippen LogP contribution in [0.15, 0.2) is 18.2 Å². The molecule has 2 aromatic rings. The molecule has 1 fully saturated rings. The first-order chi connectivity index (χ1) is 13.4. The molecule has 144 valence electrons. The number of ether oxygens (including phenoxy) is 1. The van der Waals surface area contributed by atoms with Crippen molar-refractivity contribution < 1.29 is 19.4 Å². The number of likely N-dealkylation sites (tertiary alicyclic amines) is 1. The molecular weight excluding hydrogens is 378 g/mol. The molecule has 2 amide bonds. The van der Waals surface area contributed by atoms with E-state index >= 15 is 0 Å². The van der Waals surface area contributed by atoms with Crippen molar-refractivity contribution in [2.45, 2.75) is 24.9 Å². The minimum Gasteiger partial charge on any atom is -0.493 e. The van der Waals surface area contributed by atoms with Crippen LogP contribution in [0.3, 0.4) is 0 Å². The average molecular weight is 397 g/mol. The number of rotatable bonds is 1. The van der Waals surface area contributed by atoms with E-state index in [9.17, 15) is 14.7 Å². The number of carbonyl (C=O) groups excluding carboxylic acids is 2. The lowest BCUT2D eigenvalue weighted by Crippen LogP contribution is -2.51. The second kappa shape index (κ2) is 6.93. The number of likely N-dealkylation sites (N-methyl/N-ethyl adjacent to an activating group) is 1. The van der Waals surface area contributed by atoms with Gasteiger partial charge in [0, 0.05) is 36.0 Å². The van der Waals surface area contributed by atoms with Crippen LogP contribution < -0.4 is 10.5 Å². The molecule has 3 heterocycles. The van der Waals surface area contributed by atoms with Crippen LogP contribution >= 0.6 is 11.3 Å². The van der Waals surface area contributed by atoms with E-state index in [2.05, 4.69) is 16.8 Å². The lowest BCUT2D eigenvalue weighted by molar-refractivity contribution is -0.148. The molecule has 1 unspecified atom stereocenters. The highest BCUT2D eigenvalue weighted by atomic mass is 32.1. The van der Waals surface area contributed by atoms with Gasteiger partial charge in [0.05, 0.1) is 12.3 Å². The summed E-state index contributed by atoms with van der Waals surface area (Å²) < 4.78 is 5.78. The molecule has 3 N–H and O–H groups in total. The minimum absolute atomic E-state index is 0.263. The second-order valence-electron chi connectivity index (χ2n) is 6.90. The lowest BCUT2D eigenvalue weighted by Gasteiger charge is -2.32. The fourth-order valence-electron chi connectivity index (χ4n) is 3.40. The van der Waals surface area contributed by atoms with Crippen LogP contribution in [0.2, 0.25) is 0 Å². The zero-order valence-corrected chi connectivity index (χ0v) is 16.1. The molecule has 0 radical (unpaired) electrons. The molecule has 1 aromatic heterocycles. The van der Waals surface area contributed by atoms with Crippen molar-refractivity contribution in [3.63, 3.8) is 0 Å². The molecule has 8 heteroatoms. The smallest absolute Gasteiger partial charge is 0.277 e. The topological polar surface area (TPSA) is 106 Å². The Balaban J connectivity index is 1.73. The molecule has 2 aliphatic heterocycles. The van der Waals surface area contributed by atoms with Gasteiger partial charge in [-0.05, 0) is 31.0 Å².